The lowest BCUT2D eigenvalue weighted by molar-refractivity contribution is 0.0602. The topological polar surface area (TPSA) is 103 Å². The first-order valence-corrected chi connectivity index (χ1v) is 8.78. The molecule has 10 heteroatoms. The van der Waals surface area contributed by atoms with Crippen molar-refractivity contribution in [3.05, 3.63) is 28.5 Å². The smallest absolute Gasteiger partial charge is 0.349 e. The molecule has 0 bridgehead atoms. The molecule has 3 rings (SSSR count). The molecule has 0 aliphatic carbocycles. The Bertz CT molecular complexity index is 769. The first-order valence-electron chi connectivity index (χ1n) is 6.46. The number of ether oxygens (including phenoxy) is 1. The van der Waals surface area contributed by atoms with Gasteiger partial charge in [-0.15, -0.1) is 11.3 Å². The molecule has 1 aliphatic rings. The number of carbonyl (C=O) groups excluding carboxylic acids is 1. The summed E-state index contributed by atoms with van der Waals surface area (Å²) in [5.74, 6) is -0.257. The minimum absolute atomic E-state index is 0.0156. The molecule has 1 aliphatic heterocycles. The summed E-state index contributed by atoms with van der Waals surface area (Å²) in [5.41, 5.74) is 0. The number of rotatable bonds is 4. The zero-order valence-electron chi connectivity index (χ0n) is 11.6. The van der Waals surface area contributed by atoms with Crippen LogP contribution in [0.4, 0.5) is 0 Å². The van der Waals surface area contributed by atoms with Crippen LogP contribution in [-0.4, -0.2) is 49.0 Å². The first-order chi connectivity index (χ1) is 10.5. The Labute approximate surface area is 130 Å². The Hall–Kier alpha value is -1.78. The van der Waals surface area contributed by atoms with Gasteiger partial charge in [0, 0.05) is 19.0 Å². The van der Waals surface area contributed by atoms with Crippen molar-refractivity contribution in [1.82, 2.24) is 14.4 Å². The van der Waals surface area contributed by atoms with Gasteiger partial charge in [-0.2, -0.15) is 9.29 Å². The van der Waals surface area contributed by atoms with Crippen LogP contribution in [-0.2, 0) is 14.8 Å². The summed E-state index contributed by atoms with van der Waals surface area (Å²) in [4.78, 5) is 15.7. The van der Waals surface area contributed by atoms with Crippen LogP contribution in [0.5, 0.6) is 0 Å². The Morgan fingerprint density at radius 3 is 3.05 bits per heavy atom. The lowest BCUT2D eigenvalue weighted by Gasteiger charge is -2.15. The third-order valence-electron chi connectivity index (χ3n) is 3.51. The SMILES string of the molecule is COC(=O)c1sccc1S(=O)(=O)N1CC[C@@H](c2ncon2)C1. The fraction of sp³-hybridized carbons (Fsp3) is 0.417. The van der Waals surface area contributed by atoms with Gasteiger partial charge in [0.1, 0.15) is 9.77 Å². The van der Waals surface area contributed by atoms with Crippen molar-refractivity contribution < 1.29 is 22.5 Å². The number of thiophene rings is 1. The van der Waals surface area contributed by atoms with E-state index in [2.05, 4.69) is 14.9 Å². The minimum Gasteiger partial charge on any atom is -0.465 e. The van der Waals surface area contributed by atoms with Crippen LogP contribution in [0.1, 0.15) is 27.8 Å². The predicted molar refractivity (Wildman–Crippen MR) is 76.1 cm³/mol. The van der Waals surface area contributed by atoms with Crippen molar-refractivity contribution in [1.29, 1.82) is 0 Å². The third-order valence-corrected chi connectivity index (χ3v) is 6.44. The molecule has 118 valence electrons. The fourth-order valence-corrected chi connectivity index (χ4v) is 5.21. The van der Waals surface area contributed by atoms with E-state index in [0.717, 1.165) is 11.3 Å². The molecule has 0 radical (unpaired) electrons. The number of sulfonamides is 1. The monoisotopic (exact) mass is 343 g/mol. The van der Waals surface area contributed by atoms with Crippen LogP contribution < -0.4 is 0 Å². The number of hydrogen-bond donors (Lipinski definition) is 0. The number of aromatic nitrogens is 2. The zero-order chi connectivity index (χ0) is 15.7. The fourth-order valence-electron chi connectivity index (χ4n) is 2.40. The van der Waals surface area contributed by atoms with Gasteiger partial charge in [-0.3, -0.25) is 0 Å². The summed E-state index contributed by atoms with van der Waals surface area (Å²) < 4.78 is 36.1. The van der Waals surface area contributed by atoms with Gasteiger partial charge in [0.05, 0.1) is 7.11 Å². The van der Waals surface area contributed by atoms with E-state index in [0.29, 0.717) is 18.8 Å². The maximum Gasteiger partial charge on any atom is 0.349 e. The van der Waals surface area contributed by atoms with Crippen molar-refractivity contribution in [3.8, 4) is 0 Å². The van der Waals surface area contributed by atoms with Crippen LogP contribution in [0.25, 0.3) is 0 Å². The highest BCUT2D eigenvalue weighted by Gasteiger charge is 2.37. The maximum atomic E-state index is 12.7. The van der Waals surface area contributed by atoms with E-state index in [9.17, 15) is 13.2 Å². The van der Waals surface area contributed by atoms with Crippen LogP contribution in [0.15, 0.2) is 27.3 Å². The van der Waals surface area contributed by atoms with Crippen molar-refractivity contribution in [2.75, 3.05) is 20.2 Å². The van der Waals surface area contributed by atoms with Crippen molar-refractivity contribution in [2.24, 2.45) is 0 Å². The highest BCUT2D eigenvalue weighted by molar-refractivity contribution is 7.89. The highest BCUT2D eigenvalue weighted by atomic mass is 32.2. The molecule has 22 heavy (non-hydrogen) atoms. The lowest BCUT2D eigenvalue weighted by Crippen LogP contribution is -2.29. The Morgan fingerprint density at radius 2 is 2.36 bits per heavy atom. The molecule has 8 nitrogen and oxygen atoms in total. The largest absolute Gasteiger partial charge is 0.465 e. The molecule has 2 aromatic heterocycles. The van der Waals surface area contributed by atoms with Crippen LogP contribution in [0.3, 0.4) is 0 Å². The normalized spacial score (nSPS) is 19.4. The average Bonchev–Trinajstić information content (AvgIpc) is 3.25. The molecule has 3 heterocycles. The van der Waals surface area contributed by atoms with Gasteiger partial charge in [0.15, 0.2) is 5.82 Å². The Kier molecular flexibility index (Phi) is 3.98. The number of esters is 1. The van der Waals surface area contributed by atoms with Gasteiger partial charge in [0.25, 0.3) is 0 Å². The Balaban J connectivity index is 1.86. The van der Waals surface area contributed by atoms with E-state index in [1.165, 1.54) is 23.9 Å². The van der Waals surface area contributed by atoms with Gasteiger partial charge >= 0.3 is 5.97 Å². The second kappa shape index (κ2) is 5.78. The minimum atomic E-state index is -3.75. The molecule has 0 amide bonds. The van der Waals surface area contributed by atoms with Gasteiger partial charge in [0.2, 0.25) is 16.4 Å². The highest BCUT2D eigenvalue weighted by Crippen LogP contribution is 2.32. The molecule has 2 aromatic rings. The molecule has 0 spiro atoms. The number of methoxy groups -OCH3 is 1. The van der Waals surface area contributed by atoms with Crippen LogP contribution >= 0.6 is 11.3 Å². The van der Waals surface area contributed by atoms with Gasteiger partial charge < -0.3 is 9.26 Å². The van der Waals surface area contributed by atoms with E-state index in [1.54, 1.807) is 5.38 Å². The number of nitrogens with zero attached hydrogens (tertiary/aromatic N) is 3. The molecular formula is C12H13N3O5S2. The van der Waals surface area contributed by atoms with E-state index in [-0.39, 0.29) is 22.2 Å². The van der Waals surface area contributed by atoms with Gasteiger partial charge in [-0.25, -0.2) is 13.2 Å². The lowest BCUT2D eigenvalue weighted by atomic mass is 10.1. The molecule has 1 atom stereocenters. The summed E-state index contributed by atoms with van der Waals surface area (Å²) in [7, 11) is -2.53. The van der Waals surface area contributed by atoms with Crippen molar-refractivity contribution in [2.45, 2.75) is 17.2 Å². The number of hydrogen-bond acceptors (Lipinski definition) is 8. The van der Waals surface area contributed by atoms with Crippen molar-refractivity contribution in [3.63, 3.8) is 0 Å². The standard InChI is InChI=1S/C12H13N3O5S2/c1-19-12(16)10-9(3-5-21-10)22(17,18)15-4-2-8(6-15)11-13-7-20-14-11/h3,5,7-8H,2,4,6H2,1H3/t8-/m1/s1. The average molecular weight is 343 g/mol. The summed E-state index contributed by atoms with van der Waals surface area (Å²) in [6.45, 7) is 0.607. The quantitative estimate of drug-likeness (QED) is 0.766. The van der Waals surface area contributed by atoms with E-state index in [1.807, 2.05) is 0 Å². The maximum absolute atomic E-state index is 12.7. The van der Waals surface area contributed by atoms with Gasteiger partial charge in [-0.05, 0) is 17.9 Å². The summed E-state index contributed by atoms with van der Waals surface area (Å²) in [6.07, 6.45) is 1.83. The van der Waals surface area contributed by atoms with E-state index < -0.39 is 16.0 Å². The zero-order valence-corrected chi connectivity index (χ0v) is 13.3. The van der Waals surface area contributed by atoms with Gasteiger partial charge in [-0.1, -0.05) is 5.16 Å². The predicted octanol–water partition coefficient (Wildman–Crippen LogP) is 1.10. The first kappa shape index (κ1) is 15.1. The van der Waals surface area contributed by atoms with Crippen LogP contribution in [0, 0.1) is 0 Å². The van der Waals surface area contributed by atoms with E-state index in [4.69, 9.17) is 4.52 Å². The molecule has 0 N–H and O–H groups in total. The summed E-state index contributed by atoms with van der Waals surface area (Å²) >= 11 is 1.05. The summed E-state index contributed by atoms with van der Waals surface area (Å²) in [6, 6.07) is 1.42. The molecular weight excluding hydrogens is 330 g/mol. The third kappa shape index (κ3) is 2.53. The number of carbonyl (C=O) groups is 1. The molecule has 0 aromatic carbocycles. The van der Waals surface area contributed by atoms with Crippen molar-refractivity contribution >= 4 is 27.3 Å². The second-order valence-corrected chi connectivity index (χ2v) is 7.57. The van der Waals surface area contributed by atoms with Crippen LogP contribution in [0.2, 0.25) is 0 Å². The Morgan fingerprint density at radius 1 is 1.55 bits per heavy atom. The van der Waals surface area contributed by atoms with E-state index >= 15 is 0 Å². The molecule has 0 unspecified atom stereocenters. The summed E-state index contributed by atoms with van der Waals surface area (Å²) in [5, 5.41) is 5.32. The second-order valence-electron chi connectivity index (χ2n) is 4.74. The molecule has 1 fully saturated rings. The molecule has 1 saturated heterocycles. The molecule has 0 saturated carbocycles.